The predicted octanol–water partition coefficient (Wildman–Crippen LogP) is 2.97. The topological polar surface area (TPSA) is 20.2 Å². The van der Waals surface area contributed by atoms with Crippen LogP contribution in [0.3, 0.4) is 0 Å². The van der Waals surface area contributed by atoms with Gasteiger partial charge in [0.1, 0.15) is 6.61 Å². The molecule has 0 radical (unpaired) electrons. The third-order valence-electron chi connectivity index (χ3n) is 1.35. The van der Waals surface area contributed by atoms with E-state index >= 15 is 0 Å². The Balaban J connectivity index is 0. The third kappa shape index (κ3) is 24.1. The van der Waals surface area contributed by atoms with Crippen LogP contribution < -0.4 is 0 Å². The quantitative estimate of drug-likeness (QED) is 0.539. The molecule has 0 saturated carbocycles. The van der Waals surface area contributed by atoms with Crippen molar-refractivity contribution in [2.75, 3.05) is 11.9 Å². The summed E-state index contributed by atoms with van der Waals surface area (Å²) in [6, 6.07) is 0. The van der Waals surface area contributed by atoms with Crippen LogP contribution in [-0.2, 0) is 0 Å². The van der Waals surface area contributed by atoms with Gasteiger partial charge in [-0.05, 0) is 0 Å². The van der Waals surface area contributed by atoms with Crippen molar-refractivity contribution in [1.82, 2.24) is 0 Å². The van der Waals surface area contributed by atoms with E-state index in [1.807, 2.05) is 13.8 Å². The smallest absolute Gasteiger partial charge is 0.104 e. The molecule has 2 heteroatoms. The Bertz CT molecular complexity index is 325. The first kappa shape index (κ1) is 19.0. The van der Waals surface area contributed by atoms with Gasteiger partial charge in [-0.25, -0.2) is 0 Å². The summed E-state index contributed by atoms with van der Waals surface area (Å²) < 4.78 is 0. The fourth-order valence-electron chi connectivity index (χ4n) is 0.692. The van der Waals surface area contributed by atoms with Crippen LogP contribution >= 0.6 is 15.9 Å². The van der Waals surface area contributed by atoms with Crippen LogP contribution in [0.4, 0.5) is 0 Å². The minimum absolute atomic E-state index is 0.0617. The van der Waals surface area contributed by atoms with Crippen LogP contribution in [0.1, 0.15) is 39.5 Å². The van der Waals surface area contributed by atoms with Crippen LogP contribution in [0.5, 0.6) is 0 Å². The maximum Gasteiger partial charge on any atom is 0.104 e. The highest BCUT2D eigenvalue weighted by molar-refractivity contribution is 9.09. The van der Waals surface area contributed by atoms with E-state index in [9.17, 15) is 0 Å². The van der Waals surface area contributed by atoms with E-state index in [0.717, 1.165) is 18.2 Å². The highest BCUT2D eigenvalue weighted by Crippen LogP contribution is 1.76. The lowest BCUT2D eigenvalue weighted by molar-refractivity contribution is 0.350. The van der Waals surface area contributed by atoms with Crippen LogP contribution in [0.15, 0.2) is 0 Å². The summed E-state index contributed by atoms with van der Waals surface area (Å²) in [6.07, 6.45) is 3.09. The van der Waals surface area contributed by atoms with Crippen LogP contribution in [0.25, 0.3) is 0 Å². The van der Waals surface area contributed by atoms with Gasteiger partial charge in [-0.1, -0.05) is 65.3 Å². The molecule has 18 heavy (non-hydrogen) atoms. The number of hydrogen-bond acceptors (Lipinski definition) is 1. The predicted molar refractivity (Wildman–Crippen MR) is 81.8 cm³/mol. The Labute approximate surface area is 120 Å². The minimum atomic E-state index is -0.0617. The van der Waals surface area contributed by atoms with Gasteiger partial charge < -0.3 is 5.11 Å². The molecule has 1 N–H and O–H groups in total. The van der Waals surface area contributed by atoms with Crippen LogP contribution in [0.2, 0.25) is 0 Å². The maximum absolute atomic E-state index is 8.20. The number of alkyl halides is 1. The molecule has 0 atom stereocenters. The normalized spacial score (nSPS) is 6.44. The lowest BCUT2D eigenvalue weighted by atomic mass is 10.4. The monoisotopic (exact) mass is 306 g/mol. The Morgan fingerprint density at radius 2 is 1.17 bits per heavy atom. The van der Waals surface area contributed by atoms with E-state index < -0.39 is 0 Å². The molecule has 0 heterocycles. The van der Waals surface area contributed by atoms with Gasteiger partial charge >= 0.3 is 0 Å². The van der Waals surface area contributed by atoms with E-state index in [2.05, 4.69) is 63.3 Å². The summed E-state index contributed by atoms with van der Waals surface area (Å²) in [5.41, 5.74) is 0. The first-order chi connectivity index (χ1) is 8.83. The van der Waals surface area contributed by atoms with Gasteiger partial charge in [0.25, 0.3) is 0 Å². The third-order valence-corrected chi connectivity index (χ3v) is 1.63. The largest absolute Gasteiger partial charge is 0.384 e. The molecule has 0 saturated heterocycles. The summed E-state index contributed by atoms with van der Waals surface area (Å²) in [5, 5.41) is 8.95. The molecule has 0 aromatic heterocycles. The SMILES string of the molecule is CCC#CCC#CCBr.CCC#CCC#CCO. The molecular formula is C16H19BrO. The van der Waals surface area contributed by atoms with Crippen molar-refractivity contribution in [2.45, 2.75) is 39.5 Å². The minimum Gasteiger partial charge on any atom is -0.384 e. The molecule has 0 rings (SSSR count). The van der Waals surface area contributed by atoms with Gasteiger partial charge in [-0.2, -0.15) is 0 Å². The van der Waals surface area contributed by atoms with Crippen molar-refractivity contribution in [3.63, 3.8) is 0 Å². The van der Waals surface area contributed by atoms with Crippen LogP contribution in [0, 0.1) is 47.4 Å². The summed E-state index contributed by atoms with van der Waals surface area (Å²) in [4.78, 5) is 0. The second-order valence-electron chi connectivity index (χ2n) is 2.77. The number of halogens is 1. The number of hydrogen-bond donors (Lipinski definition) is 1. The van der Waals surface area contributed by atoms with E-state index in [1.165, 1.54) is 0 Å². The zero-order chi connectivity index (χ0) is 13.9. The molecular weight excluding hydrogens is 288 g/mol. The Hall–Kier alpha value is -1.32. The lowest BCUT2D eigenvalue weighted by Crippen LogP contribution is -1.70. The highest BCUT2D eigenvalue weighted by atomic mass is 79.9. The van der Waals surface area contributed by atoms with Crippen molar-refractivity contribution in [3.8, 4) is 47.4 Å². The lowest BCUT2D eigenvalue weighted by Gasteiger charge is -1.70. The molecule has 0 unspecified atom stereocenters. The summed E-state index contributed by atoms with van der Waals surface area (Å²) in [7, 11) is 0. The first-order valence-electron chi connectivity index (χ1n) is 5.83. The Morgan fingerprint density at radius 1 is 0.722 bits per heavy atom. The molecule has 0 aromatic carbocycles. The molecule has 0 bridgehead atoms. The van der Waals surface area contributed by atoms with E-state index in [1.54, 1.807) is 0 Å². The molecule has 0 aromatic rings. The van der Waals surface area contributed by atoms with Crippen LogP contribution in [-0.4, -0.2) is 17.0 Å². The zero-order valence-electron chi connectivity index (χ0n) is 11.1. The van der Waals surface area contributed by atoms with Crippen molar-refractivity contribution in [2.24, 2.45) is 0 Å². The number of rotatable bonds is 0. The molecule has 0 fully saturated rings. The fourth-order valence-corrected chi connectivity index (χ4v) is 0.890. The van der Waals surface area contributed by atoms with E-state index in [0.29, 0.717) is 12.8 Å². The number of aliphatic hydroxyl groups excluding tert-OH is 1. The number of aliphatic hydroxyl groups is 1. The van der Waals surface area contributed by atoms with Gasteiger partial charge in [0, 0.05) is 12.8 Å². The maximum atomic E-state index is 8.20. The summed E-state index contributed by atoms with van der Waals surface area (Å²) in [5.74, 6) is 22.6. The first-order valence-corrected chi connectivity index (χ1v) is 6.95. The Kier molecular flexibility index (Phi) is 22.2. The Morgan fingerprint density at radius 3 is 1.56 bits per heavy atom. The second-order valence-corrected chi connectivity index (χ2v) is 3.33. The molecule has 0 spiro atoms. The van der Waals surface area contributed by atoms with Gasteiger partial charge in [-0.3, -0.25) is 0 Å². The molecule has 0 aliphatic heterocycles. The molecule has 1 nitrogen and oxygen atoms in total. The fraction of sp³-hybridized carbons (Fsp3) is 0.500. The van der Waals surface area contributed by atoms with Crippen molar-refractivity contribution < 1.29 is 5.11 Å². The molecule has 0 amide bonds. The van der Waals surface area contributed by atoms with Crippen molar-refractivity contribution in [1.29, 1.82) is 0 Å². The van der Waals surface area contributed by atoms with Crippen molar-refractivity contribution >= 4 is 15.9 Å². The van der Waals surface area contributed by atoms with Gasteiger partial charge in [0.15, 0.2) is 0 Å². The van der Waals surface area contributed by atoms with Gasteiger partial charge in [0.2, 0.25) is 0 Å². The van der Waals surface area contributed by atoms with Crippen molar-refractivity contribution in [3.05, 3.63) is 0 Å². The van der Waals surface area contributed by atoms with Gasteiger partial charge in [0.05, 0.1) is 18.2 Å². The average Bonchev–Trinajstić information content (AvgIpc) is 2.39. The highest BCUT2D eigenvalue weighted by Gasteiger charge is 1.65. The van der Waals surface area contributed by atoms with E-state index in [4.69, 9.17) is 5.11 Å². The molecule has 96 valence electrons. The second kappa shape index (κ2) is 21.0. The van der Waals surface area contributed by atoms with Gasteiger partial charge in [-0.15, -0.1) is 11.8 Å². The average molecular weight is 307 g/mol. The van der Waals surface area contributed by atoms with E-state index in [-0.39, 0.29) is 6.61 Å². The molecule has 0 aliphatic rings. The zero-order valence-corrected chi connectivity index (χ0v) is 12.7. The molecule has 0 aliphatic carbocycles. The standard InChI is InChI=1S/C8H9Br.C8H10O/c2*1-2-3-4-5-6-7-8-9/h2,5,8H2,1H3;9H,2,5,8H2,1H3. The summed E-state index contributed by atoms with van der Waals surface area (Å²) in [6.45, 7) is 3.96. The summed E-state index contributed by atoms with van der Waals surface area (Å²) >= 11 is 3.20.